The molecule has 0 aliphatic heterocycles. The van der Waals surface area contributed by atoms with Gasteiger partial charge in [-0.2, -0.15) is 0 Å². The fourth-order valence-corrected chi connectivity index (χ4v) is 3.02. The van der Waals surface area contributed by atoms with Crippen molar-refractivity contribution in [2.75, 3.05) is 13.1 Å². The zero-order chi connectivity index (χ0) is 17.9. The van der Waals surface area contributed by atoms with Crippen LogP contribution in [0.15, 0.2) is 10.5 Å². The predicted octanol–water partition coefficient (Wildman–Crippen LogP) is 1.37. The molecule has 0 aliphatic carbocycles. The van der Waals surface area contributed by atoms with Crippen LogP contribution in [0, 0.1) is 20.8 Å². The van der Waals surface area contributed by atoms with Crippen molar-refractivity contribution in [3.8, 4) is 0 Å². The fraction of sp³-hybridized carbons (Fsp3) is 0.400. The molecule has 4 N–H and O–H groups in total. The van der Waals surface area contributed by atoms with E-state index in [1.54, 1.807) is 13.8 Å². The van der Waals surface area contributed by atoms with Crippen molar-refractivity contribution in [3.05, 3.63) is 32.8 Å². The SMILES string of the molecule is Cc1cc(C)c(C(C(N)=O)N(CC(=O)O)CC(=O)O)c(C)c1Br. The summed E-state index contributed by atoms with van der Waals surface area (Å²) in [6.07, 6.45) is 0. The summed E-state index contributed by atoms with van der Waals surface area (Å²) < 4.78 is 0.773. The lowest BCUT2D eigenvalue weighted by molar-refractivity contribution is -0.144. The first-order valence-electron chi connectivity index (χ1n) is 6.79. The number of carbonyl (C=O) groups excluding carboxylic acids is 1. The number of hydrogen-bond donors (Lipinski definition) is 3. The summed E-state index contributed by atoms with van der Waals surface area (Å²) >= 11 is 3.43. The first-order chi connectivity index (χ1) is 10.6. The molecule has 0 aliphatic rings. The van der Waals surface area contributed by atoms with Gasteiger partial charge in [0.15, 0.2) is 0 Å². The fourth-order valence-electron chi connectivity index (χ4n) is 2.69. The lowest BCUT2D eigenvalue weighted by atomic mass is 9.92. The molecule has 1 aromatic carbocycles. The Morgan fingerprint density at radius 3 is 2.00 bits per heavy atom. The van der Waals surface area contributed by atoms with Crippen LogP contribution in [0.2, 0.25) is 0 Å². The van der Waals surface area contributed by atoms with Gasteiger partial charge in [0.25, 0.3) is 0 Å². The number of carboxylic acids is 2. The Bertz CT molecular complexity index is 644. The Morgan fingerprint density at radius 1 is 1.13 bits per heavy atom. The summed E-state index contributed by atoms with van der Waals surface area (Å²) in [6.45, 7) is 4.22. The molecule has 0 saturated heterocycles. The summed E-state index contributed by atoms with van der Waals surface area (Å²) in [5.74, 6) is -3.27. The zero-order valence-corrected chi connectivity index (χ0v) is 14.7. The van der Waals surface area contributed by atoms with E-state index >= 15 is 0 Å². The number of halogens is 1. The molecule has 1 atom stereocenters. The molecule has 1 rings (SSSR count). The van der Waals surface area contributed by atoms with Crippen LogP contribution in [0.25, 0.3) is 0 Å². The van der Waals surface area contributed by atoms with Gasteiger partial charge in [0.05, 0.1) is 13.1 Å². The van der Waals surface area contributed by atoms with Gasteiger partial charge in [-0.25, -0.2) is 0 Å². The number of hydrogen-bond acceptors (Lipinski definition) is 4. The Morgan fingerprint density at radius 2 is 1.61 bits per heavy atom. The second-order valence-electron chi connectivity index (χ2n) is 5.36. The van der Waals surface area contributed by atoms with Gasteiger partial charge in [-0.3, -0.25) is 19.3 Å². The molecule has 0 heterocycles. The van der Waals surface area contributed by atoms with Crippen LogP contribution in [0.4, 0.5) is 0 Å². The van der Waals surface area contributed by atoms with E-state index < -0.39 is 37.0 Å². The third kappa shape index (κ3) is 4.52. The van der Waals surface area contributed by atoms with Crippen molar-refractivity contribution in [2.24, 2.45) is 5.73 Å². The smallest absolute Gasteiger partial charge is 0.317 e. The molecule has 0 bridgehead atoms. The number of carboxylic acid groups (broad SMARTS) is 2. The summed E-state index contributed by atoms with van der Waals surface area (Å²) in [7, 11) is 0. The quantitative estimate of drug-likeness (QED) is 0.650. The Balaban J connectivity index is 3.51. The van der Waals surface area contributed by atoms with Crippen molar-refractivity contribution >= 4 is 33.8 Å². The van der Waals surface area contributed by atoms with Crippen molar-refractivity contribution in [1.29, 1.82) is 0 Å². The van der Waals surface area contributed by atoms with Gasteiger partial charge in [0, 0.05) is 4.47 Å². The van der Waals surface area contributed by atoms with Crippen LogP contribution in [-0.2, 0) is 14.4 Å². The highest BCUT2D eigenvalue weighted by atomic mass is 79.9. The van der Waals surface area contributed by atoms with Gasteiger partial charge in [0.2, 0.25) is 5.91 Å². The maximum atomic E-state index is 12.0. The minimum absolute atomic E-state index is 0.525. The number of amides is 1. The number of rotatable bonds is 7. The first kappa shape index (κ1) is 19.1. The summed E-state index contributed by atoms with van der Waals surface area (Å²) in [6, 6.07) is 0.696. The Hall–Kier alpha value is -1.93. The minimum Gasteiger partial charge on any atom is -0.480 e. The average molecular weight is 387 g/mol. The first-order valence-corrected chi connectivity index (χ1v) is 7.58. The van der Waals surface area contributed by atoms with Crippen LogP contribution in [-0.4, -0.2) is 46.0 Å². The molecule has 7 nitrogen and oxygen atoms in total. The monoisotopic (exact) mass is 386 g/mol. The topological polar surface area (TPSA) is 121 Å². The van der Waals surface area contributed by atoms with E-state index in [0.717, 1.165) is 26.1 Å². The maximum Gasteiger partial charge on any atom is 0.317 e. The highest BCUT2D eigenvalue weighted by molar-refractivity contribution is 9.10. The summed E-state index contributed by atoms with van der Waals surface area (Å²) in [5.41, 5.74) is 8.42. The van der Waals surface area contributed by atoms with Crippen LogP contribution in [0.1, 0.15) is 28.3 Å². The molecule has 126 valence electrons. The van der Waals surface area contributed by atoms with Gasteiger partial charge in [-0.05, 0) is 43.0 Å². The van der Waals surface area contributed by atoms with Gasteiger partial charge in [-0.15, -0.1) is 0 Å². The molecule has 0 aromatic heterocycles. The van der Waals surface area contributed by atoms with Crippen LogP contribution in [0.3, 0.4) is 0 Å². The van der Waals surface area contributed by atoms with Crippen molar-refractivity contribution in [3.63, 3.8) is 0 Å². The number of primary amides is 1. The molecular weight excluding hydrogens is 368 g/mol. The van der Waals surface area contributed by atoms with E-state index in [2.05, 4.69) is 15.9 Å². The van der Waals surface area contributed by atoms with Crippen LogP contribution in [0.5, 0.6) is 0 Å². The predicted molar refractivity (Wildman–Crippen MR) is 87.1 cm³/mol. The van der Waals surface area contributed by atoms with Crippen LogP contribution < -0.4 is 5.73 Å². The van der Waals surface area contributed by atoms with Gasteiger partial charge in [-0.1, -0.05) is 22.0 Å². The Labute approximate surface area is 142 Å². The van der Waals surface area contributed by atoms with Crippen molar-refractivity contribution < 1.29 is 24.6 Å². The standard InChI is InChI=1S/C15H19BrN2O5/c1-7-4-8(2)13(16)9(3)12(7)14(15(17)23)18(5-10(19)20)6-11(21)22/h4,14H,5-6H2,1-3H3,(H2,17,23)(H,19,20)(H,21,22). The molecule has 23 heavy (non-hydrogen) atoms. The number of aliphatic carboxylic acids is 2. The molecular formula is C15H19BrN2O5. The molecule has 0 radical (unpaired) electrons. The Kier molecular flexibility index (Phi) is 6.28. The zero-order valence-electron chi connectivity index (χ0n) is 13.1. The van der Waals surface area contributed by atoms with E-state index in [-0.39, 0.29) is 0 Å². The van der Waals surface area contributed by atoms with E-state index in [1.807, 2.05) is 13.0 Å². The van der Waals surface area contributed by atoms with Crippen molar-refractivity contribution in [2.45, 2.75) is 26.8 Å². The van der Waals surface area contributed by atoms with Gasteiger partial charge in [0.1, 0.15) is 6.04 Å². The maximum absolute atomic E-state index is 12.0. The minimum atomic E-state index is -1.24. The molecule has 0 spiro atoms. The molecule has 0 fully saturated rings. The number of aryl methyl sites for hydroxylation is 2. The molecule has 1 unspecified atom stereocenters. The van der Waals surface area contributed by atoms with E-state index in [0.29, 0.717) is 5.56 Å². The van der Waals surface area contributed by atoms with Crippen LogP contribution >= 0.6 is 15.9 Å². The summed E-state index contributed by atoms with van der Waals surface area (Å²) in [5, 5.41) is 18.0. The molecule has 1 aromatic rings. The largest absolute Gasteiger partial charge is 0.480 e. The third-order valence-corrected chi connectivity index (χ3v) is 4.74. The third-order valence-electron chi connectivity index (χ3n) is 3.52. The average Bonchev–Trinajstić information content (AvgIpc) is 2.38. The number of nitrogens with two attached hydrogens (primary N) is 1. The number of benzene rings is 1. The van der Waals surface area contributed by atoms with Crippen molar-refractivity contribution in [1.82, 2.24) is 4.90 Å². The van der Waals surface area contributed by atoms with E-state index in [9.17, 15) is 14.4 Å². The number of carbonyl (C=O) groups is 3. The second kappa shape index (κ2) is 7.56. The van der Waals surface area contributed by atoms with E-state index in [1.165, 1.54) is 0 Å². The lowest BCUT2D eigenvalue weighted by Gasteiger charge is -2.30. The number of nitrogens with zero attached hydrogens (tertiary/aromatic N) is 1. The highest BCUT2D eigenvalue weighted by Crippen LogP contribution is 2.33. The normalized spacial score (nSPS) is 12.2. The second-order valence-corrected chi connectivity index (χ2v) is 6.15. The lowest BCUT2D eigenvalue weighted by Crippen LogP contribution is -2.44. The molecule has 0 saturated carbocycles. The summed E-state index contributed by atoms with van der Waals surface area (Å²) in [4.78, 5) is 35.1. The molecule has 1 amide bonds. The molecule has 8 heteroatoms. The highest BCUT2D eigenvalue weighted by Gasteiger charge is 2.32. The van der Waals surface area contributed by atoms with Gasteiger partial charge < -0.3 is 15.9 Å². The van der Waals surface area contributed by atoms with Gasteiger partial charge >= 0.3 is 11.9 Å². The van der Waals surface area contributed by atoms with E-state index in [4.69, 9.17) is 15.9 Å².